The molecule has 0 radical (unpaired) electrons. The summed E-state index contributed by atoms with van der Waals surface area (Å²) >= 11 is 0. The fourth-order valence-corrected chi connectivity index (χ4v) is 0.793. The van der Waals surface area contributed by atoms with E-state index in [1.807, 2.05) is 0 Å². The van der Waals surface area contributed by atoms with Gasteiger partial charge in [-0.3, -0.25) is 4.79 Å². The van der Waals surface area contributed by atoms with Gasteiger partial charge >= 0.3 is 0 Å². The fourth-order valence-electron chi connectivity index (χ4n) is 0.793. The number of rotatable bonds is 7. The Morgan fingerprint density at radius 3 is 2.50 bits per heavy atom. The van der Waals surface area contributed by atoms with Crippen LogP contribution in [-0.4, -0.2) is 41.8 Å². The van der Waals surface area contributed by atoms with Gasteiger partial charge in [0.15, 0.2) is 0 Å². The van der Waals surface area contributed by atoms with Crippen molar-refractivity contribution >= 4 is 5.91 Å². The molecule has 0 bridgehead atoms. The third kappa shape index (κ3) is 6.73. The Hall–Kier alpha value is -0.750. The molecule has 0 aromatic carbocycles. The first-order valence-corrected chi connectivity index (χ1v) is 4.41. The Balaban J connectivity index is 3.44. The third-order valence-electron chi connectivity index (χ3n) is 1.61. The number of amides is 1. The number of carbonyl (C=O) groups is 1. The van der Waals surface area contributed by atoms with Crippen LogP contribution in [0.1, 0.15) is 19.3 Å². The van der Waals surface area contributed by atoms with Crippen LogP contribution in [0.5, 0.6) is 0 Å². The van der Waals surface area contributed by atoms with Crippen molar-refractivity contribution in [3.8, 4) is 0 Å². The van der Waals surface area contributed by atoms with Crippen molar-refractivity contribution in [2.75, 3.05) is 13.2 Å². The van der Waals surface area contributed by atoms with E-state index < -0.39 is 25.0 Å². The molecule has 0 spiro atoms. The normalized spacial score (nSPS) is 12.9. The standard InChI is InChI=1S/C8H15F2NO3/c9-8(10)6(13)5-11-7(14)3-1-2-4-12/h6,8,12-13H,1-5H2,(H,11,14). The fraction of sp³-hybridized carbons (Fsp3) is 0.875. The summed E-state index contributed by atoms with van der Waals surface area (Å²) in [6, 6.07) is 0. The molecule has 0 aromatic heterocycles. The van der Waals surface area contributed by atoms with Crippen molar-refractivity contribution in [3.05, 3.63) is 0 Å². The van der Waals surface area contributed by atoms with Crippen LogP contribution in [0, 0.1) is 0 Å². The summed E-state index contributed by atoms with van der Waals surface area (Å²) in [6.45, 7) is -0.428. The van der Waals surface area contributed by atoms with Gasteiger partial charge in [0.2, 0.25) is 5.91 Å². The second-order valence-corrected chi connectivity index (χ2v) is 2.89. The van der Waals surface area contributed by atoms with E-state index in [1.165, 1.54) is 0 Å². The smallest absolute Gasteiger partial charge is 0.265 e. The van der Waals surface area contributed by atoms with Gasteiger partial charge in [0.1, 0.15) is 6.10 Å². The minimum Gasteiger partial charge on any atom is -0.396 e. The zero-order valence-corrected chi connectivity index (χ0v) is 7.75. The molecule has 14 heavy (non-hydrogen) atoms. The Morgan fingerprint density at radius 2 is 2.00 bits per heavy atom. The average Bonchev–Trinajstić information content (AvgIpc) is 2.14. The van der Waals surface area contributed by atoms with Crippen molar-refractivity contribution in [2.45, 2.75) is 31.8 Å². The number of hydrogen-bond donors (Lipinski definition) is 3. The van der Waals surface area contributed by atoms with Gasteiger partial charge in [-0.25, -0.2) is 8.78 Å². The van der Waals surface area contributed by atoms with Crippen LogP contribution in [0.3, 0.4) is 0 Å². The van der Waals surface area contributed by atoms with Crippen molar-refractivity contribution < 1.29 is 23.8 Å². The molecule has 0 aliphatic heterocycles. The molecule has 84 valence electrons. The number of aliphatic hydroxyl groups excluding tert-OH is 2. The molecule has 1 amide bonds. The second kappa shape index (κ2) is 7.64. The molecule has 0 rings (SSSR count). The maximum absolute atomic E-state index is 11.8. The SMILES string of the molecule is O=C(CCCCO)NCC(O)C(F)F. The summed E-state index contributed by atoms with van der Waals surface area (Å²) in [4.78, 5) is 10.9. The Labute approximate surface area is 80.9 Å². The summed E-state index contributed by atoms with van der Waals surface area (Å²) in [5.41, 5.74) is 0. The monoisotopic (exact) mass is 211 g/mol. The maximum Gasteiger partial charge on any atom is 0.265 e. The third-order valence-corrected chi connectivity index (χ3v) is 1.61. The number of hydrogen-bond acceptors (Lipinski definition) is 3. The Morgan fingerprint density at radius 1 is 1.36 bits per heavy atom. The van der Waals surface area contributed by atoms with Gasteiger partial charge in [0.05, 0.1) is 0 Å². The van der Waals surface area contributed by atoms with Gasteiger partial charge < -0.3 is 15.5 Å². The summed E-state index contributed by atoms with van der Waals surface area (Å²) in [7, 11) is 0. The van der Waals surface area contributed by atoms with Crippen LogP contribution in [0.2, 0.25) is 0 Å². The van der Waals surface area contributed by atoms with E-state index in [4.69, 9.17) is 10.2 Å². The van der Waals surface area contributed by atoms with Gasteiger partial charge in [0, 0.05) is 19.6 Å². The number of nitrogens with one attached hydrogen (secondary N) is 1. The van der Waals surface area contributed by atoms with E-state index in [2.05, 4.69) is 5.32 Å². The zero-order chi connectivity index (χ0) is 11.0. The summed E-state index contributed by atoms with van der Waals surface area (Å²) in [5.74, 6) is -0.391. The molecule has 0 aliphatic rings. The minimum absolute atomic E-state index is 0.00688. The lowest BCUT2D eigenvalue weighted by Crippen LogP contribution is -2.35. The van der Waals surface area contributed by atoms with Crippen molar-refractivity contribution in [2.24, 2.45) is 0 Å². The quantitative estimate of drug-likeness (QED) is 0.515. The molecule has 0 saturated carbocycles. The lowest BCUT2D eigenvalue weighted by molar-refractivity contribution is -0.122. The summed E-state index contributed by atoms with van der Waals surface area (Å²) < 4.78 is 23.5. The second-order valence-electron chi connectivity index (χ2n) is 2.89. The van der Waals surface area contributed by atoms with Gasteiger partial charge in [-0.1, -0.05) is 0 Å². The van der Waals surface area contributed by atoms with Gasteiger partial charge in [0.25, 0.3) is 6.43 Å². The number of carbonyl (C=O) groups excluding carboxylic acids is 1. The van der Waals surface area contributed by atoms with Gasteiger partial charge in [-0.15, -0.1) is 0 Å². The molecule has 3 N–H and O–H groups in total. The average molecular weight is 211 g/mol. The van der Waals surface area contributed by atoms with Gasteiger partial charge in [-0.05, 0) is 12.8 Å². The highest BCUT2D eigenvalue weighted by Crippen LogP contribution is 1.99. The predicted molar refractivity (Wildman–Crippen MR) is 46.0 cm³/mol. The maximum atomic E-state index is 11.8. The van der Waals surface area contributed by atoms with Crippen molar-refractivity contribution in [1.29, 1.82) is 0 Å². The lowest BCUT2D eigenvalue weighted by atomic mass is 10.2. The first-order chi connectivity index (χ1) is 6.57. The van der Waals surface area contributed by atoms with Crippen molar-refractivity contribution in [1.82, 2.24) is 5.32 Å². The zero-order valence-electron chi connectivity index (χ0n) is 7.75. The van der Waals surface area contributed by atoms with Crippen LogP contribution in [0.4, 0.5) is 8.78 Å². The molecule has 0 aromatic rings. The van der Waals surface area contributed by atoms with Crippen LogP contribution < -0.4 is 5.32 Å². The molecule has 0 saturated heterocycles. The highest BCUT2D eigenvalue weighted by atomic mass is 19.3. The molecular formula is C8H15F2NO3. The molecule has 0 aliphatic carbocycles. The topological polar surface area (TPSA) is 69.6 Å². The van der Waals surface area contributed by atoms with Crippen LogP contribution in [0.25, 0.3) is 0 Å². The van der Waals surface area contributed by atoms with E-state index in [0.29, 0.717) is 12.8 Å². The molecule has 0 fully saturated rings. The lowest BCUT2D eigenvalue weighted by Gasteiger charge is -2.10. The van der Waals surface area contributed by atoms with E-state index >= 15 is 0 Å². The first kappa shape index (κ1) is 13.2. The molecule has 6 heteroatoms. The number of unbranched alkanes of at least 4 members (excludes halogenated alkanes) is 1. The highest BCUT2D eigenvalue weighted by molar-refractivity contribution is 5.75. The molecule has 4 nitrogen and oxygen atoms in total. The molecule has 1 atom stereocenters. The van der Waals surface area contributed by atoms with E-state index in [-0.39, 0.29) is 13.0 Å². The van der Waals surface area contributed by atoms with E-state index in [9.17, 15) is 13.6 Å². The summed E-state index contributed by atoms with van der Waals surface area (Å²) in [6.07, 6.45) is -3.46. The molecule has 1 unspecified atom stereocenters. The molecule has 0 heterocycles. The van der Waals surface area contributed by atoms with E-state index in [0.717, 1.165) is 0 Å². The van der Waals surface area contributed by atoms with E-state index in [1.54, 1.807) is 0 Å². The first-order valence-electron chi connectivity index (χ1n) is 4.41. The van der Waals surface area contributed by atoms with Gasteiger partial charge in [-0.2, -0.15) is 0 Å². The number of halogens is 2. The molecular weight excluding hydrogens is 196 g/mol. The van der Waals surface area contributed by atoms with Crippen LogP contribution in [-0.2, 0) is 4.79 Å². The Bertz CT molecular complexity index is 167. The van der Waals surface area contributed by atoms with Crippen LogP contribution >= 0.6 is 0 Å². The number of aliphatic hydroxyl groups is 2. The number of alkyl halides is 2. The Kier molecular flexibility index (Phi) is 7.23. The van der Waals surface area contributed by atoms with Crippen molar-refractivity contribution in [3.63, 3.8) is 0 Å². The minimum atomic E-state index is -2.84. The largest absolute Gasteiger partial charge is 0.396 e. The highest BCUT2D eigenvalue weighted by Gasteiger charge is 2.16. The summed E-state index contributed by atoms with van der Waals surface area (Å²) in [5, 5.41) is 19.2. The van der Waals surface area contributed by atoms with Crippen LogP contribution in [0.15, 0.2) is 0 Å². The predicted octanol–water partition coefficient (Wildman–Crippen LogP) is -0.109.